The van der Waals surface area contributed by atoms with Crippen molar-refractivity contribution in [2.24, 2.45) is 5.92 Å². The summed E-state index contributed by atoms with van der Waals surface area (Å²) in [4.78, 5) is 0. The fourth-order valence-electron chi connectivity index (χ4n) is 1.31. The molecule has 0 amide bonds. The molecule has 1 fully saturated rings. The molecular formula is C6H9NO. The Bertz CT molecular complexity index is 132. The largest absolute Gasteiger partial charge is 0.634 e. The van der Waals surface area contributed by atoms with E-state index >= 15 is 0 Å². The molecule has 44 valence electrons. The highest BCUT2D eigenvalue weighted by Crippen LogP contribution is 2.30. The number of hydroxylamine groups is 2. The minimum Gasteiger partial charge on any atom is -0.634 e. The van der Waals surface area contributed by atoms with Crippen LogP contribution in [0.25, 0.3) is 0 Å². The van der Waals surface area contributed by atoms with Gasteiger partial charge in [-0.15, -0.1) is 0 Å². The molecule has 2 heteroatoms. The molecule has 1 N–H and O–H groups in total. The van der Waals surface area contributed by atoms with Crippen LogP contribution >= 0.6 is 0 Å². The molecule has 3 unspecified atom stereocenters. The highest BCUT2D eigenvalue weighted by atomic mass is 16.5. The molecular weight excluding hydrogens is 102 g/mol. The van der Waals surface area contributed by atoms with Crippen LogP contribution in [0.5, 0.6) is 0 Å². The number of rotatable bonds is 0. The first-order valence-electron chi connectivity index (χ1n) is 3.07. The first-order chi connectivity index (χ1) is 3.88. The molecule has 0 aromatic carbocycles. The fraction of sp³-hybridized carbons (Fsp3) is 0.667. The summed E-state index contributed by atoms with van der Waals surface area (Å²) in [6.07, 6.45) is 5.30. The first-order valence-corrected chi connectivity index (χ1v) is 3.07. The zero-order valence-electron chi connectivity index (χ0n) is 4.63. The van der Waals surface area contributed by atoms with Crippen LogP contribution < -0.4 is 5.06 Å². The molecule has 3 atom stereocenters. The van der Waals surface area contributed by atoms with Crippen LogP contribution in [0, 0.1) is 11.1 Å². The van der Waals surface area contributed by atoms with Crippen LogP contribution in [-0.2, 0) is 0 Å². The maximum Gasteiger partial charge on any atom is 0.0957 e. The SMILES string of the molecule is [O-][NH+]1CC=CC2CC21. The summed E-state index contributed by atoms with van der Waals surface area (Å²) >= 11 is 0. The zero-order chi connectivity index (χ0) is 5.56. The van der Waals surface area contributed by atoms with Crippen LogP contribution in [0.4, 0.5) is 0 Å². The highest BCUT2D eigenvalue weighted by Gasteiger charge is 2.42. The van der Waals surface area contributed by atoms with E-state index in [-0.39, 0.29) is 0 Å². The lowest BCUT2D eigenvalue weighted by Crippen LogP contribution is -3.09. The molecule has 8 heavy (non-hydrogen) atoms. The number of hydrogen-bond donors (Lipinski definition) is 1. The van der Waals surface area contributed by atoms with Gasteiger partial charge in [0.15, 0.2) is 0 Å². The third-order valence-corrected chi connectivity index (χ3v) is 1.96. The number of nitrogens with one attached hydrogen (secondary N) is 1. The lowest BCUT2D eigenvalue weighted by Gasteiger charge is -2.22. The third-order valence-electron chi connectivity index (χ3n) is 1.96. The third kappa shape index (κ3) is 0.501. The molecule has 1 aliphatic carbocycles. The Kier molecular flexibility index (Phi) is 0.754. The van der Waals surface area contributed by atoms with Crippen molar-refractivity contribution in [1.82, 2.24) is 0 Å². The van der Waals surface area contributed by atoms with Crippen LogP contribution in [0.2, 0.25) is 0 Å². The van der Waals surface area contributed by atoms with Crippen LogP contribution in [0.3, 0.4) is 0 Å². The summed E-state index contributed by atoms with van der Waals surface area (Å²) in [6.45, 7) is 0.696. The van der Waals surface area contributed by atoms with Gasteiger partial charge < -0.3 is 10.3 Å². The minimum absolute atomic E-state index is 0.444. The molecule has 0 aromatic heterocycles. The van der Waals surface area contributed by atoms with Crippen LogP contribution in [0.1, 0.15) is 6.42 Å². The molecule has 0 saturated heterocycles. The maximum atomic E-state index is 10.8. The zero-order valence-corrected chi connectivity index (χ0v) is 4.63. The van der Waals surface area contributed by atoms with Gasteiger partial charge in [0.1, 0.15) is 0 Å². The van der Waals surface area contributed by atoms with E-state index in [2.05, 4.69) is 6.08 Å². The van der Waals surface area contributed by atoms with Gasteiger partial charge in [0.2, 0.25) is 0 Å². The van der Waals surface area contributed by atoms with Crippen molar-refractivity contribution in [2.75, 3.05) is 6.54 Å². The molecule has 0 bridgehead atoms. The van der Waals surface area contributed by atoms with Gasteiger partial charge in [0.05, 0.1) is 12.6 Å². The Labute approximate surface area is 48.4 Å². The van der Waals surface area contributed by atoms with E-state index in [9.17, 15) is 5.21 Å². The predicted octanol–water partition coefficient (Wildman–Crippen LogP) is -0.673. The second kappa shape index (κ2) is 1.33. The Morgan fingerprint density at radius 1 is 1.62 bits per heavy atom. The van der Waals surface area contributed by atoms with E-state index in [0.717, 1.165) is 6.42 Å². The summed E-state index contributed by atoms with van der Waals surface area (Å²) in [5.41, 5.74) is 0. The van der Waals surface area contributed by atoms with Gasteiger partial charge in [-0.1, -0.05) is 6.08 Å². The normalized spacial score (nSPS) is 50.9. The molecule has 1 aliphatic heterocycles. The van der Waals surface area contributed by atoms with Crippen molar-refractivity contribution < 1.29 is 5.06 Å². The van der Waals surface area contributed by atoms with Crippen molar-refractivity contribution >= 4 is 0 Å². The Balaban J connectivity index is 2.13. The van der Waals surface area contributed by atoms with Crippen molar-refractivity contribution in [3.05, 3.63) is 17.4 Å². The number of quaternary nitrogens is 1. The second-order valence-electron chi connectivity index (χ2n) is 2.60. The van der Waals surface area contributed by atoms with Gasteiger partial charge in [-0.3, -0.25) is 0 Å². The second-order valence-corrected chi connectivity index (χ2v) is 2.60. The smallest absolute Gasteiger partial charge is 0.0957 e. The maximum absolute atomic E-state index is 10.8. The van der Waals surface area contributed by atoms with Gasteiger partial charge in [-0.25, -0.2) is 0 Å². The van der Waals surface area contributed by atoms with Gasteiger partial charge >= 0.3 is 0 Å². The lowest BCUT2D eigenvalue weighted by atomic mass is 10.3. The monoisotopic (exact) mass is 111 g/mol. The van der Waals surface area contributed by atoms with Gasteiger partial charge in [0.25, 0.3) is 0 Å². The minimum atomic E-state index is 0.444. The summed E-state index contributed by atoms with van der Waals surface area (Å²) < 4.78 is 0. The molecule has 2 nitrogen and oxygen atoms in total. The van der Waals surface area contributed by atoms with Crippen molar-refractivity contribution in [1.29, 1.82) is 0 Å². The molecule has 2 aliphatic rings. The molecule has 0 radical (unpaired) electrons. The molecule has 1 heterocycles. The predicted molar refractivity (Wildman–Crippen MR) is 30.2 cm³/mol. The quantitative estimate of drug-likeness (QED) is 0.326. The Hall–Kier alpha value is -0.340. The van der Waals surface area contributed by atoms with E-state index in [1.807, 2.05) is 6.08 Å². The molecule has 1 saturated carbocycles. The summed E-state index contributed by atoms with van der Waals surface area (Å²) in [5, 5.41) is 11.2. The van der Waals surface area contributed by atoms with Gasteiger partial charge in [-0.05, 0) is 6.08 Å². The van der Waals surface area contributed by atoms with Gasteiger partial charge in [0, 0.05) is 12.3 Å². The van der Waals surface area contributed by atoms with Gasteiger partial charge in [-0.2, -0.15) is 0 Å². The number of fused-ring (bicyclic) bond motifs is 1. The standard InChI is InChI=1S/C6H9NO/c8-7-3-1-2-5-4-6(5)7/h1-2,5-7H,3-4H2. The lowest BCUT2D eigenvalue weighted by molar-refractivity contribution is -0.856. The summed E-state index contributed by atoms with van der Waals surface area (Å²) in [6, 6.07) is 0.444. The van der Waals surface area contributed by atoms with E-state index in [1.54, 1.807) is 0 Å². The van der Waals surface area contributed by atoms with E-state index < -0.39 is 0 Å². The molecule has 0 spiro atoms. The van der Waals surface area contributed by atoms with E-state index in [4.69, 9.17) is 0 Å². The van der Waals surface area contributed by atoms with Crippen molar-refractivity contribution in [3.8, 4) is 0 Å². The average molecular weight is 111 g/mol. The average Bonchev–Trinajstić information content (AvgIpc) is 2.45. The van der Waals surface area contributed by atoms with Crippen LogP contribution in [0.15, 0.2) is 12.2 Å². The molecule has 0 aromatic rings. The Morgan fingerprint density at radius 2 is 2.50 bits per heavy atom. The molecule has 2 rings (SSSR count). The fourth-order valence-corrected chi connectivity index (χ4v) is 1.31. The van der Waals surface area contributed by atoms with Crippen molar-refractivity contribution in [2.45, 2.75) is 12.5 Å². The highest BCUT2D eigenvalue weighted by molar-refractivity contribution is 5.05. The summed E-state index contributed by atoms with van der Waals surface area (Å²) in [7, 11) is 0. The van der Waals surface area contributed by atoms with E-state index in [0.29, 0.717) is 23.6 Å². The Morgan fingerprint density at radius 3 is 3.12 bits per heavy atom. The first kappa shape index (κ1) is 4.53. The van der Waals surface area contributed by atoms with E-state index in [1.165, 1.54) is 0 Å². The topological polar surface area (TPSA) is 27.5 Å². The van der Waals surface area contributed by atoms with Crippen LogP contribution in [-0.4, -0.2) is 12.6 Å². The summed E-state index contributed by atoms with van der Waals surface area (Å²) in [5.74, 6) is 0.649. The van der Waals surface area contributed by atoms with Crippen molar-refractivity contribution in [3.63, 3.8) is 0 Å². The number of hydrogen-bond acceptors (Lipinski definition) is 1.